The van der Waals surface area contributed by atoms with Crippen molar-refractivity contribution in [2.24, 2.45) is 16.8 Å². The van der Waals surface area contributed by atoms with Crippen LogP contribution < -0.4 is 5.32 Å². The van der Waals surface area contributed by atoms with Crippen molar-refractivity contribution in [3.63, 3.8) is 0 Å². The van der Waals surface area contributed by atoms with E-state index < -0.39 is 0 Å². The van der Waals surface area contributed by atoms with Gasteiger partial charge in [0.25, 0.3) is 0 Å². The third-order valence-electron chi connectivity index (χ3n) is 4.77. The van der Waals surface area contributed by atoms with E-state index >= 15 is 0 Å². The van der Waals surface area contributed by atoms with Crippen LogP contribution in [0.4, 0.5) is 0 Å². The van der Waals surface area contributed by atoms with E-state index in [0.29, 0.717) is 0 Å². The van der Waals surface area contributed by atoms with Crippen LogP contribution in [-0.2, 0) is 6.42 Å². The van der Waals surface area contributed by atoms with E-state index in [1.807, 2.05) is 18.2 Å². The Labute approximate surface area is 150 Å². The number of aromatic amines is 1. The summed E-state index contributed by atoms with van der Waals surface area (Å²) in [4.78, 5) is 15.3. The fourth-order valence-electron chi connectivity index (χ4n) is 3.70. The molecule has 0 amide bonds. The molecule has 3 rings (SSSR count). The summed E-state index contributed by atoms with van der Waals surface area (Å²) in [7, 11) is 0. The molecule has 1 unspecified atom stereocenters. The highest BCUT2D eigenvalue weighted by molar-refractivity contribution is 5.80. The van der Waals surface area contributed by atoms with E-state index in [-0.39, 0.29) is 0 Å². The maximum atomic E-state index is 4.85. The van der Waals surface area contributed by atoms with E-state index in [0.717, 1.165) is 67.3 Å². The number of nitrogens with one attached hydrogen (secondary N) is 2. The Hall–Kier alpha value is -2.04. The maximum absolute atomic E-state index is 4.85. The minimum atomic E-state index is 0.757. The highest BCUT2D eigenvalue weighted by atomic mass is 15.3. The van der Waals surface area contributed by atoms with Crippen molar-refractivity contribution < 1.29 is 0 Å². The summed E-state index contributed by atoms with van der Waals surface area (Å²) in [5.74, 6) is 3.65. The van der Waals surface area contributed by atoms with Gasteiger partial charge in [-0.2, -0.15) is 0 Å². The topological polar surface area (TPSA) is 56.3 Å². The number of aromatic nitrogens is 2. The minimum Gasteiger partial charge on any atom is -0.357 e. The zero-order valence-electron chi connectivity index (χ0n) is 15.8. The largest absolute Gasteiger partial charge is 0.357 e. The molecular formula is C20H31N5. The molecule has 1 fully saturated rings. The van der Waals surface area contributed by atoms with Gasteiger partial charge in [-0.15, -0.1) is 0 Å². The highest BCUT2D eigenvalue weighted by Crippen LogP contribution is 2.23. The molecule has 2 heterocycles. The molecule has 136 valence electrons. The summed E-state index contributed by atoms with van der Waals surface area (Å²) in [5.41, 5.74) is 2.13. The van der Waals surface area contributed by atoms with E-state index in [2.05, 4.69) is 47.0 Å². The molecule has 2 N–H and O–H groups in total. The van der Waals surface area contributed by atoms with Gasteiger partial charge in [0.2, 0.25) is 0 Å². The lowest BCUT2D eigenvalue weighted by Crippen LogP contribution is -2.40. The zero-order chi connectivity index (χ0) is 17.6. The number of guanidine groups is 1. The molecule has 0 spiro atoms. The van der Waals surface area contributed by atoms with Crippen molar-refractivity contribution in [3.8, 4) is 0 Å². The first-order valence-electron chi connectivity index (χ1n) is 9.62. The number of hydrogen-bond donors (Lipinski definition) is 2. The summed E-state index contributed by atoms with van der Waals surface area (Å²) in [6.07, 6.45) is 3.44. The van der Waals surface area contributed by atoms with Gasteiger partial charge in [-0.25, -0.2) is 4.98 Å². The van der Waals surface area contributed by atoms with Gasteiger partial charge in [-0.1, -0.05) is 26.0 Å². The zero-order valence-corrected chi connectivity index (χ0v) is 15.8. The Balaban J connectivity index is 1.58. The Kier molecular flexibility index (Phi) is 5.95. The molecule has 1 aliphatic rings. The molecule has 5 nitrogen and oxygen atoms in total. The number of rotatable bonds is 6. The van der Waals surface area contributed by atoms with E-state index in [9.17, 15) is 0 Å². The molecule has 5 heteroatoms. The molecule has 1 aromatic heterocycles. The number of aliphatic imine (C=N–C) groups is 1. The molecule has 0 saturated carbocycles. The van der Waals surface area contributed by atoms with Crippen LogP contribution in [0.3, 0.4) is 0 Å². The Morgan fingerprint density at radius 3 is 3.00 bits per heavy atom. The molecule has 0 aliphatic carbocycles. The monoisotopic (exact) mass is 341 g/mol. The number of imidazole rings is 1. The standard InChI is InChI=1S/C20H31N5/c1-4-21-20(25-12-10-16(14-25)13-15(2)3)22-11-9-19-23-17-7-5-6-8-18(17)24-19/h5-8,15-16H,4,9-14H2,1-3H3,(H,21,22)(H,23,24). The number of H-pyrrole nitrogens is 1. The molecule has 0 bridgehead atoms. The van der Waals surface area contributed by atoms with Crippen molar-refractivity contribution in [1.29, 1.82) is 0 Å². The number of fused-ring (bicyclic) bond motifs is 1. The number of benzene rings is 1. The smallest absolute Gasteiger partial charge is 0.193 e. The first-order chi connectivity index (χ1) is 12.2. The maximum Gasteiger partial charge on any atom is 0.193 e. The Morgan fingerprint density at radius 2 is 2.24 bits per heavy atom. The SMILES string of the molecule is CCNC(=NCCc1nc2ccccc2[nH]1)N1CCC(CC(C)C)C1. The van der Waals surface area contributed by atoms with Crippen LogP contribution in [0.25, 0.3) is 11.0 Å². The van der Waals surface area contributed by atoms with E-state index in [4.69, 9.17) is 4.99 Å². The van der Waals surface area contributed by atoms with Gasteiger partial charge in [0.05, 0.1) is 11.0 Å². The molecule has 1 aromatic carbocycles. The minimum absolute atomic E-state index is 0.757. The van der Waals surface area contributed by atoms with Crippen molar-refractivity contribution in [2.75, 3.05) is 26.2 Å². The summed E-state index contributed by atoms with van der Waals surface area (Å²) < 4.78 is 0. The lowest BCUT2D eigenvalue weighted by Gasteiger charge is -2.22. The lowest BCUT2D eigenvalue weighted by atomic mass is 9.97. The molecule has 2 aromatic rings. The first kappa shape index (κ1) is 17.8. The highest BCUT2D eigenvalue weighted by Gasteiger charge is 2.25. The fraction of sp³-hybridized carbons (Fsp3) is 0.600. The van der Waals surface area contributed by atoms with Crippen molar-refractivity contribution in [2.45, 2.75) is 40.0 Å². The van der Waals surface area contributed by atoms with Crippen LogP contribution in [0.2, 0.25) is 0 Å². The summed E-state index contributed by atoms with van der Waals surface area (Å²) in [5, 5.41) is 3.46. The summed E-state index contributed by atoms with van der Waals surface area (Å²) in [6, 6.07) is 8.17. The predicted molar refractivity (Wildman–Crippen MR) is 105 cm³/mol. The summed E-state index contributed by atoms with van der Waals surface area (Å²) >= 11 is 0. The van der Waals surface area contributed by atoms with Gasteiger partial charge < -0.3 is 15.2 Å². The van der Waals surface area contributed by atoms with Crippen LogP contribution in [0.15, 0.2) is 29.3 Å². The van der Waals surface area contributed by atoms with Gasteiger partial charge in [0.15, 0.2) is 5.96 Å². The third kappa shape index (κ3) is 4.74. The van der Waals surface area contributed by atoms with Crippen molar-refractivity contribution in [1.82, 2.24) is 20.2 Å². The van der Waals surface area contributed by atoms with Gasteiger partial charge >= 0.3 is 0 Å². The molecular weight excluding hydrogens is 310 g/mol. The van der Waals surface area contributed by atoms with Crippen LogP contribution in [-0.4, -0.2) is 47.0 Å². The summed E-state index contributed by atoms with van der Waals surface area (Å²) in [6.45, 7) is 10.7. The average molecular weight is 342 g/mol. The first-order valence-corrected chi connectivity index (χ1v) is 9.62. The number of para-hydroxylation sites is 2. The lowest BCUT2D eigenvalue weighted by molar-refractivity contribution is 0.403. The number of likely N-dealkylation sites (tertiary alicyclic amines) is 1. The normalized spacial score (nSPS) is 18.5. The molecule has 1 atom stereocenters. The van der Waals surface area contributed by atoms with Crippen LogP contribution in [0.5, 0.6) is 0 Å². The van der Waals surface area contributed by atoms with Gasteiger partial charge in [-0.05, 0) is 43.7 Å². The van der Waals surface area contributed by atoms with E-state index in [1.165, 1.54) is 12.8 Å². The second-order valence-electron chi connectivity index (χ2n) is 7.42. The van der Waals surface area contributed by atoms with Crippen LogP contribution in [0, 0.1) is 11.8 Å². The van der Waals surface area contributed by atoms with Crippen LogP contribution >= 0.6 is 0 Å². The Morgan fingerprint density at radius 1 is 1.40 bits per heavy atom. The number of nitrogens with zero attached hydrogens (tertiary/aromatic N) is 3. The third-order valence-corrected chi connectivity index (χ3v) is 4.77. The van der Waals surface area contributed by atoms with Gasteiger partial charge in [0, 0.05) is 32.6 Å². The average Bonchev–Trinajstić information content (AvgIpc) is 3.19. The predicted octanol–water partition coefficient (Wildman–Crippen LogP) is 3.44. The second-order valence-corrected chi connectivity index (χ2v) is 7.42. The van der Waals surface area contributed by atoms with E-state index in [1.54, 1.807) is 0 Å². The molecule has 0 radical (unpaired) electrons. The molecule has 25 heavy (non-hydrogen) atoms. The van der Waals surface area contributed by atoms with Crippen molar-refractivity contribution in [3.05, 3.63) is 30.1 Å². The number of hydrogen-bond acceptors (Lipinski definition) is 2. The van der Waals surface area contributed by atoms with Crippen molar-refractivity contribution >= 4 is 17.0 Å². The molecule has 1 saturated heterocycles. The second kappa shape index (κ2) is 8.37. The molecule has 1 aliphatic heterocycles. The van der Waals surface area contributed by atoms with Gasteiger partial charge in [0.1, 0.15) is 5.82 Å². The Bertz CT molecular complexity index is 670. The van der Waals surface area contributed by atoms with Gasteiger partial charge in [-0.3, -0.25) is 4.99 Å². The quantitative estimate of drug-likeness (QED) is 0.625. The fourth-order valence-corrected chi connectivity index (χ4v) is 3.70. The van der Waals surface area contributed by atoms with Crippen LogP contribution in [0.1, 0.15) is 39.4 Å².